The number of furan rings is 1. The standard InChI is InChI=1S/C17H29N3O3/c1-13(12-15(21)16-8-5-11-23-16)19-17(22)18-9-10-20(2)14-6-3-4-7-14/h5,8,11,13-15,21H,3-4,6-7,9-10,12H2,1-2H3,(H2,18,19,22). The van der Waals surface area contributed by atoms with Gasteiger partial charge in [0.05, 0.1) is 6.26 Å². The van der Waals surface area contributed by atoms with E-state index >= 15 is 0 Å². The molecule has 2 amide bonds. The number of carbonyl (C=O) groups excluding carboxylic acids is 1. The molecular weight excluding hydrogens is 294 g/mol. The lowest BCUT2D eigenvalue weighted by atomic mass is 10.1. The van der Waals surface area contributed by atoms with Crippen molar-refractivity contribution >= 4 is 6.03 Å². The van der Waals surface area contributed by atoms with Crippen molar-refractivity contribution in [2.24, 2.45) is 0 Å². The Labute approximate surface area is 138 Å². The molecule has 6 heteroatoms. The van der Waals surface area contributed by atoms with Gasteiger partial charge in [0, 0.05) is 31.6 Å². The Bertz CT molecular complexity index is 458. The van der Waals surface area contributed by atoms with Gasteiger partial charge in [-0.25, -0.2) is 4.79 Å². The topological polar surface area (TPSA) is 77.7 Å². The van der Waals surface area contributed by atoms with Crippen LogP contribution >= 0.6 is 0 Å². The van der Waals surface area contributed by atoms with E-state index in [-0.39, 0.29) is 12.1 Å². The van der Waals surface area contributed by atoms with Crippen LogP contribution < -0.4 is 10.6 Å². The van der Waals surface area contributed by atoms with Crippen molar-refractivity contribution in [3.8, 4) is 0 Å². The first kappa shape index (κ1) is 17.8. The van der Waals surface area contributed by atoms with Crippen LogP contribution in [0.2, 0.25) is 0 Å². The van der Waals surface area contributed by atoms with Crippen molar-refractivity contribution in [2.45, 2.75) is 57.2 Å². The number of carbonyl (C=O) groups is 1. The van der Waals surface area contributed by atoms with E-state index in [0.29, 0.717) is 24.8 Å². The lowest BCUT2D eigenvalue weighted by Crippen LogP contribution is -2.44. The van der Waals surface area contributed by atoms with Gasteiger partial charge < -0.3 is 25.1 Å². The van der Waals surface area contributed by atoms with Gasteiger partial charge in [-0.15, -0.1) is 0 Å². The van der Waals surface area contributed by atoms with Crippen LogP contribution in [-0.4, -0.2) is 48.3 Å². The molecule has 1 aliphatic rings. The summed E-state index contributed by atoms with van der Waals surface area (Å²) in [5.41, 5.74) is 0. The number of nitrogens with one attached hydrogen (secondary N) is 2. The van der Waals surface area contributed by atoms with Gasteiger partial charge in [-0.3, -0.25) is 0 Å². The Morgan fingerprint density at radius 1 is 1.48 bits per heavy atom. The van der Waals surface area contributed by atoms with Gasteiger partial charge >= 0.3 is 6.03 Å². The van der Waals surface area contributed by atoms with E-state index < -0.39 is 6.10 Å². The molecule has 1 aromatic heterocycles. The first-order valence-electron chi connectivity index (χ1n) is 8.52. The van der Waals surface area contributed by atoms with Gasteiger partial charge in [-0.05, 0) is 38.9 Å². The number of rotatable bonds is 8. The molecule has 0 aliphatic heterocycles. The summed E-state index contributed by atoms with van der Waals surface area (Å²) in [6, 6.07) is 3.81. The number of urea groups is 1. The van der Waals surface area contributed by atoms with Crippen molar-refractivity contribution in [2.75, 3.05) is 20.1 Å². The summed E-state index contributed by atoms with van der Waals surface area (Å²) >= 11 is 0. The molecule has 6 nitrogen and oxygen atoms in total. The summed E-state index contributed by atoms with van der Waals surface area (Å²) in [6.45, 7) is 3.37. The first-order valence-corrected chi connectivity index (χ1v) is 8.52. The van der Waals surface area contributed by atoms with Crippen molar-refractivity contribution in [1.29, 1.82) is 0 Å². The van der Waals surface area contributed by atoms with Crippen LogP contribution in [0.5, 0.6) is 0 Å². The summed E-state index contributed by atoms with van der Waals surface area (Å²) in [5, 5.41) is 15.7. The van der Waals surface area contributed by atoms with Crippen LogP contribution in [0.15, 0.2) is 22.8 Å². The third-order valence-corrected chi connectivity index (χ3v) is 4.52. The summed E-state index contributed by atoms with van der Waals surface area (Å²) in [4.78, 5) is 14.2. The summed E-state index contributed by atoms with van der Waals surface area (Å²) in [6.07, 6.45) is 6.42. The van der Waals surface area contributed by atoms with E-state index in [0.717, 1.165) is 6.54 Å². The van der Waals surface area contributed by atoms with E-state index in [9.17, 15) is 9.90 Å². The van der Waals surface area contributed by atoms with Crippen LogP contribution in [0.3, 0.4) is 0 Å². The Morgan fingerprint density at radius 3 is 2.87 bits per heavy atom. The zero-order valence-electron chi connectivity index (χ0n) is 14.1. The first-order chi connectivity index (χ1) is 11.1. The highest BCUT2D eigenvalue weighted by molar-refractivity contribution is 5.74. The number of hydrogen-bond acceptors (Lipinski definition) is 4. The van der Waals surface area contributed by atoms with Crippen molar-refractivity contribution in [3.05, 3.63) is 24.2 Å². The zero-order chi connectivity index (χ0) is 16.7. The van der Waals surface area contributed by atoms with Gasteiger partial charge in [0.1, 0.15) is 11.9 Å². The largest absolute Gasteiger partial charge is 0.467 e. The molecule has 2 atom stereocenters. The molecule has 1 saturated carbocycles. The Morgan fingerprint density at radius 2 is 2.22 bits per heavy atom. The fourth-order valence-electron chi connectivity index (χ4n) is 3.14. The minimum Gasteiger partial charge on any atom is -0.467 e. The lowest BCUT2D eigenvalue weighted by Gasteiger charge is -2.24. The van der Waals surface area contributed by atoms with E-state index in [2.05, 4.69) is 22.6 Å². The average Bonchev–Trinajstić information content (AvgIpc) is 3.20. The van der Waals surface area contributed by atoms with Gasteiger partial charge in [0.2, 0.25) is 0 Å². The molecular formula is C17H29N3O3. The van der Waals surface area contributed by atoms with Gasteiger partial charge in [0.15, 0.2) is 0 Å². The monoisotopic (exact) mass is 323 g/mol. The predicted octanol–water partition coefficient (Wildman–Crippen LogP) is 2.27. The SMILES string of the molecule is CC(CC(O)c1ccco1)NC(=O)NCCN(C)C1CCCC1. The van der Waals surface area contributed by atoms with Crippen LogP contribution in [0.1, 0.15) is 50.9 Å². The smallest absolute Gasteiger partial charge is 0.315 e. The van der Waals surface area contributed by atoms with Gasteiger partial charge in [-0.1, -0.05) is 12.8 Å². The van der Waals surface area contributed by atoms with Crippen molar-refractivity contribution in [1.82, 2.24) is 15.5 Å². The molecule has 2 rings (SSSR count). The maximum absolute atomic E-state index is 11.9. The highest BCUT2D eigenvalue weighted by Crippen LogP contribution is 2.21. The summed E-state index contributed by atoms with van der Waals surface area (Å²) in [5.74, 6) is 0.525. The Balaban J connectivity index is 1.60. The second-order valence-corrected chi connectivity index (χ2v) is 6.49. The number of aliphatic hydroxyl groups excluding tert-OH is 1. The second-order valence-electron chi connectivity index (χ2n) is 6.49. The molecule has 0 radical (unpaired) electrons. The zero-order valence-corrected chi connectivity index (χ0v) is 14.1. The third kappa shape index (κ3) is 5.88. The normalized spacial score (nSPS) is 18.1. The van der Waals surface area contributed by atoms with E-state index in [4.69, 9.17) is 4.42 Å². The van der Waals surface area contributed by atoms with Crippen molar-refractivity contribution in [3.63, 3.8) is 0 Å². The minimum absolute atomic E-state index is 0.136. The maximum Gasteiger partial charge on any atom is 0.315 e. The molecule has 3 N–H and O–H groups in total. The molecule has 0 spiro atoms. The minimum atomic E-state index is -0.700. The predicted molar refractivity (Wildman–Crippen MR) is 89.2 cm³/mol. The lowest BCUT2D eigenvalue weighted by molar-refractivity contribution is 0.129. The van der Waals surface area contributed by atoms with Crippen LogP contribution in [0.25, 0.3) is 0 Å². The van der Waals surface area contributed by atoms with Gasteiger partial charge in [-0.2, -0.15) is 0 Å². The van der Waals surface area contributed by atoms with E-state index in [1.807, 2.05) is 6.92 Å². The molecule has 23 heavy (non-hydrogen) atoms. The molecule has 2 unspecified atom stereocenters. The Kier molecular flexibility index (Phi) is 6.92. The number of amides is 2. The summed E-state index contributed by atoms with van der Waals surface area (Å²) < 4.78 is 5.16. The molecule has 1 fully saturated rings. The maximum atomic E-state index is 11.9. The highest BCUT2D eigenvalue weighted by atomic mass is 16.4. The molecule has 1 aromatic rings. The quantitative estimate of drug-likeness (QED) is 0.686. The third-order valence-electron chi connectivity index (χ3n) is 4.52. The molecule has 0 bridgehead atoms. The van der Waals surface area contributed by atoms with Crippen molar-refractivity contribution < 1.29 is 14.3 Å². The molecule has 1 aliphatic carbocycles. The number of aliphatic hydroxyl groups is 1. The van der Waals surface area contributed by atoms with E-state index in [1.165, 1.54) is 31.9 Å². The molecule has 0 saturated heterocycles. The van der Waals surface area contributed by atoms with Crippen LogP contribution in [0, 0.1) is 0 Å². The number of likely N-dealkylation sites (N-methyl/N-ethyl adjacent to an activating group) is 1. The summed E-state index contributed by atoms with van der Waals surface area (Å²) in [7, 11) is 2.12. The molecule has 130 valence electrons. The highest BCUT2D eigenvalue weighted by Gasteiger charge is 2.19. The number of hydrogen-bond donors (Lipinski definition) is 3. The molecule has 0 aromatic carbocycles. The van der Waals surface area contributed by atoms with Crippen LogP contribution in [0.4, 0.5) is 4.79 Å². The fraction of sp³-hybridized carbons (Fsp3) is 0.706. The fourth-order valence-corrected chi connectivity index (χ4v) is 3.14. The van der Waals surface area contributed by atoms with E-state index in [1.54, 1.807) is 12.1 Å². The average molecular weight is 323 g/mol. The molecule has 1 heterocycles. The van der Waals surface area contributed by atoms with Crippen LogP contribution in [-0.2, 0) is 0 Å². The Hall–Kier alpha value is -1.53. The number of nitrogens with zero attached hydrogens (tertiary/aromatic N) is 1. The second kappa shape index (κ2) is 8.93. The van der Waals surface area contributed by atoms with Gasteiger partial charge in [0.25, 0.3) is 0 Å².